The fourth-order valence-corrected chi connectivity index (χ4v) is 3.27. The highest BCUT2D eigenvalue weighted by Gasteiger charge is 2.26. The van der Waals surface area contributed by atoms with Gasteiger partial charge in [-0.1, -0.05) is 17.3 Å². The number of nitrogens with zero attached hydrogens (tertiary/aromatic N) is 7. The molecule has 0 saturated carbocycles. The number of nitrogens with one attached hydrogen (secondary N) is 1. The highest BCUT2D eigenvalue weighted by molar-refractivity contribution is 5.94. The van der Waals surface area contributed by atoms with E-state index in [1.165, 1.54) is 10.9 Å². The van der Waals surface area contributed by atoms with E-state index in [0.717, 1.165) is 31.5 Å². The normalized spacial score (nSPS) is 14.4. The minimum Gasteiger partial charge on any atom is -0.496 e. The van der Waals surface area contributed by atoms with Crippen molar-refractivity contribution >= 4 is 17.9 Å². The number of para-hydroxylation sites is 1. The Hall–Kier alpha value is -3.80. The summed E-state index contributed by atoms with van der Waals surface area (Å²) in [5, 5.41) is 19.4. The molecule has 0 radical (unpaired) electrons. The van der Waals surface area contributed by atoms with Gasteiger partial charge in [0.1, 0.15) is 5.75 Å². The number of anilines is 1. The molecule has 3 N–H and O–H groups in total. The number of amides is 1. The van der Waals surface area contributed by atoms with Gasteiger partial charge in [-0.05, 0) is 48.4 Å². The number of carbonyl (C=O) groups excluding carboxylic acids is 1. The summed E-state index contributed by atoms with van der Waals surface area (Å²) in [4.78, 5) is 15.0. The van der Waals surface area contributed by atoms with Gasteiger partial charge in [0.15, 0.2) is 5.69 Å². The Morgan fingerprint density at radius 1 is 1.33 bits per heavy atom. The number of hydrazone groups is 1. The number of aromatic nitrogens is 5. The molecule has 4 rings (SSSR count). The Bertz CT molecular complexity index is 1050. The van der Waals surface area contributed by atoms with Crippen LogP contribution in [-0.2, 0) is 6.54 Å². The third-order valence-electron chi connectivity index (χ3n) is 4.76. The fraction of sp³-hybridized carbons (Fsp3) is 0.333. The Kier molecular flexibility index (Phi) is 5.66. The van der Waals surface area contributed by atoms with E-state index < -0.39 is 5.91 Å². The topological polar surface area (TPSA) is 150 Å². The third-order valence-corrected chi connectivity index (χ3v) is 4.76. The van der Waals surface area contributed by atoms with Crippen LogP contribution in [0.2, 0.25) is 0 Å². The largest absolute Gasteiger partial charge is 0.496 e. The molecule has 1 fully saturated rings. The number of carbonyl (C=O) groups is 1. The number of nitrogen functional groups attached to an aromatic ring is 1. The molecule has 1 aliphatic heterocycles. The summed E-state index contributed by atoms with van der Waals surface area (Å²) in [5.74, 6) is 0.388. The van der Waals surface area contributed by atoms with Gasteiger partial charge in [0.25, 0.3) is 5.91 Å². The van der Waals surface area contributed by atoms with Crippen LogP contribution in [0.1, 0.15) is 34.6 Å². The minimum atomic E-state index is -0.503. The molecule has 1 amide bonds. The van der Waals surface area contributed by atoms with Gasteiger partial charge in [0.05, 0.1) is 19.0 Å². The maximum absolute atomic E-state index is 12.8. The Labute approximate surface area is 171 Å². The van der Waals surface area contributed by atoms with Crippen molar-refractivity contribution in [3.63, 3.8) is 0 Å². The monoisotopic (exact) mass is 411 g/mol. The Balaban J connectivity index is 1.58. The lowest BCUT2D eigenvalue weighted by Gasteiger charge is -2.15. The second kappa shape index (κ2) is 8.69. The van der Waals surface area contributed by atoms with Gasteiger partial charge < -0.3 is 10.5 Å². The average molecular weight is 411 g/mol. The number of rotatable bonds is 7. The maximum atomic E-state index is 12.8. The quantitative estimate of drug-likeness (QED) is 0.421. The summed E-state index contributed by atoms with van der Waals surface area (Å²) in [5.41, 5.74) is 9.67. The first-order valence-corrected chi connectivity index (χ1v) is 9.39. The third kappa shape index (κ3) is 3.98. The molecule has 30 heavy (non-hydrogen) atoms. The summed E-state index contributed by atoms with van der Waals surface area (Å²) in [6, 6.07) is 7.33. The lowest BCUT2D eigenvalue weighted by Crippen LogP contribution is -2.25. The van der Waals surface area contributed by atoms with Crippen molar-refractivity contribution in [1.82, 2.24) is 35.6 Å². The maximum Gasteiger partial charge on any atom is 0.293 e. The standard InChI is InChI=1S/C18H21N9O3/c1-29-14-7-3-2-6-12(14)10-20-22-18(28)15-13(11-26-8-4-5-9-26)27(25-21-15)17-16(19)23-30-24-17/h2-3,6-7,10H,4-5,8-9,11H2,1H3,(H2,19,23)(H,22,28). The smallest absolute Gasteiger partial charge is 0.293 e. The molecule has 156 valence electrons. The zero-order valence-electron chi connectivity index (χ0n) is 16.4. The van der Waals surface area contributed by atoms with E-state index in [0.29, 0.717) is 18.0 Å². The number of ether oxygens (including phenoxy) is 1. The first kappa shape index (κ1) is 19.5. The van der Waals surface area contributed by atoms with Crippen LogP contribution in [0.5, 0.6) is 5.75 Å². The molecule has 0 spiro atoms. The van der Waals surface area contributed by atoms with E-state index >= 15 is 0 Å². The van der Waals surface area contributed by atoms with Gasteiger partial charge in [-0.3, -0.25) is 9.69 Å². The predicted octanol–water partition coefficient (Wildman–Crippen LogP) is 0.601. The zero-order valence-corrected chi connectivity index (χ0v) is 16.4. The molecule has 1 aromatic carbocycles. The van der Waals surface area contributed by atoms with Crippen molar-refractivity contribution < 1.29 is 14.2 Å². The average Bonchev–Trinajstić information content (AvgIpc) is 3.50. The van der Waals surface area contributed by atoms with Crippen molar-refractivity contribution in [2.75, 3.05) is 25.9 Å². The van der Waals surface area contributed by atoms with Crippen LogP contribution < -0.4 is 15.9 Å². The highest BCUT2D eigenvalue weighted by atomic mass is 16.6. The van der Waals surface area contributed by atoms with Gasteiger partial charge in [0, 0.05) is 12.1 Å². The van der Waals surface area contributed by atoms with Crippen LogP contribution in [0.3, 0.4) is 0 Å². The van der Waals surface area contributed by atoms with Crippen LogP contribution in [0.15, 0.2) is 34.0 Å². The zero-order chi connectivity index (χ0) is 20.9. The number of hydrogen-bond acceptors (Lipinski definition) is 10. The highest BCUT2D eigenvalue weighted by Crippen LogP contribution is 2.20. The minimum absolute atomic E-state index is 0.0590. The van der Waals surface area contributed by atoms with Crippen LogP contribution in [0.4, 0.5) is 5.82 Å². The summed E-state index contributed by atoms with van der Waals surface area (Å²) in [6.07, 6.45) is 3.70. The number of hydrogen-bond donors (Lipinski definition) is 2. The first-order valence-electron chi connectivity index (χ1n) is 9.39. The summed E-state index contributed by atoms with van der Waals surface area (Å²) < 4.78 is 11.3. The predicted molar refractivity (Wildman–Crippen MR) is 106 cm³/mol. The fourth-order valence-electron chi connectivity index (χ4n) is 3.27. The second-order valence-corrected chi connectivity index (χ2v) is 6.69. The van der Waals surface area contributed by atoms with Gasteiger partial charge in [-0.15, -0.1) is 5.10 Å². The second-order valence-electron chi connectivity index (χ2n) is 6.69. The molecule has 12 nitrogen and oxygen atoms in total. The van der Waals surface area contributed by atoms with Crippen molar-refractivity contribution in [1.29, 1.82) is 0 Å². The molecule has 0 atom stereocenters. The van der Waals surface area contributed by atoms with Crippen LogP contribution in [0.25, 0.3) is 5.82 Å². The molecule has 0 aliphatic carbocycles. The Morgan fingerprint density at radius 2 is 2.13 bits per heavy atom. The van der Waals surface area contributed by atoms with Crippen LogP contribution >= 0.6 is 0 Å². The number of likely N-dealkylation sites (tertiary alicyclic amines) is 1. The molecule has 1 saturated heterocycles. The molecule has 0 unspecified atom stereocenters. The van der Waals surface area contributed by atoms with E-state index in [1.54, 1.807) is 13.2 Å². The molecular weight excluding hydrogens is 390 g/mol. The summed E-state index contributed by atoms with van der Waals surface area (Å²) >= 11 is 0. The SMILES string of the molecule is COc1ccccc1C=NNC(=O)c1nnn(-c2nonc2N)c1CN1CCCC1. The molecule has 3 aromatic rings. The van der Waals surface area contributed by atoms with E-state index in [1.807, 2.05) is 18.2 Å². The van der Waals surface area contributed by atoms with Crippen LogP contribution in [0, 0.1) is 0 Å². The lowest BCUT2D eigenvalue weighted by atomic mass is 10.2. The summed E-state index contributed by atoms with van der Waals surface area (Å²) in [6.45, 7) is 2.30. The van der Waals surface area contributed by atoms with Gasteiger partial charge in [-0.2, -0.15) is 9.78 Å². The molecule has 1 aliphatic rings. The van der Waals surface area contributed by atoms with Crippen LogP contribution in [-0.4, -0.2) is 62.5 Å². The van der Waals surface area contributed by atoms with Crippen molar-refractivity contribution in [2.45, 2.75) is 19.4 Å². The summed E-state index contributed by atoms with van der Waals surface area (Å²) in [7, 11) is 1.57. The van der Waals surface area contributed by atoms with Crippen molar-refractivity contribution in [2.24, 2.45) is 5.10 Å². The lowest BCUT2D eigenvalue weighted by molar-refractivity contribution is 0.0948. The molecule has 0 bridgehead atoms. The van der Waals surface area contributed by atoms with Gasteiger partial charge in [0.2, 0.25) is 11.6 Å². The van der Waals surface area contributed by atoms with Crippen molar-refractivity contribution in [3.05, 3.63) is 41.2 Å². The van der Waals surface area contributed by atoms with Gasteiger partial charge >= 0.3 is 0 Å². The molecular formula is C18H21N9O3. The first-order chi connectivity index (χ1) is 14.7. The van der Waals surface area contributed by atoms with E-state index in [2.05, 4.69) is 40.7 Å². The number of nitrogens with two attached hydrogens (primary N) is 1. The number of methoxy groups -OCH3 is 1. The molecule has 3 heterocycles. The number of benzene rings is 1. The van der Waals surface area contributed by atoms with E-state index in [-0.39, 0.29) is 17.3 Å². The van der Waals surface area contributed by atoms with E-state index in [4.69, 9.17) is 10.5 Å². The molecule has 12 heteroatoms. The van der Waals surface area contributed by atoms with Crippen molar-refractivity contribution in [3.8, 4) is 11.6 Å². The van der Waals surface area contributed by atoms with Gasteiger partial charge in [-0.25, -0.2) is 10.1 Å². The van der Waals surface area contributed by atoms with E-state index in [9.17, 15) is 4.79 Å². The Morgan fingerprint density at radius 3 is 2.87 bits per heavy atom. The molecule has 2 aromatic heterocycles.